The summed E-state index contributed by atoms with van der Waals surface area (Å²) in [5.74, 6) is 0.704. The Labute approximate surface area is 139 Å². The highest BCUT2D eigenvalue weighted by molar-refractivity contribution is 6.67. The van der Waals surface area contributed by atoms with E-state index in [1.165, 1.54) is 0 Å². The maximum atomic E-state index is 11.3. The van der Waals surface area contributed by atoms with Crippen LogP contribution in [0.1, 0.15) is 42.6 Å². The first-order valence-electron chi connectivity index (χ1n) is 7.54. The van der Waals surface area contributed by atoms with Crippen molar-refractivity contribution in [3.8, 4) is 5.75 Å². The zero-order chi connectivity index (χ0) is 15.5. The average molecular weight is 338 g/mol. The molecule has 1 aromatic carbocycles. The zero-order valence-electron chi connectivity index (χ0n) is 12.1. The Morgan fingerprint density at radius 2 is 2.00 bits per heavy atom. The lowest BCUT2D eigenvalue weighted by Crippen LogP contribution is -2.15. The standard InChI is InChI=1S/C17H17Cl2NO2/c18-12-4-2-5-13(9-8-12)22-15-6-1-3-11-7-10-14(17(19)21)20-16(11)15/h1,3,6-7,10,12-13H,2,4-5,8-9H2. The second-order valence-electron chi connectivity index (χ2n) is 5.64. The lowest BCUT2D eigenvalue weighted by Gasteiger charge is -2.18. The fourth-order valence-corrected chi connectivity index (χ4v) is 3.23. The van der Waals surface area contributed by atoms with Crippen LogP contribution < -0.4 is 4.74 Å². The summed E-state index contributed by atoms with van der Waals surface area (Å²) in [6, 6.07) is 9.24. The van der Waals surface area contributed by atoms with E-state index in [1.807, 2.05) is 24.3 Å². The lowest BCUT2D eigenvalue weighted by atomic mass is 10.1. The Kier molecular flexibility index (Phi) is 4.84. The number of aromatic nitrogens is 1. The monoisotopic (exact) mass is 337 g/mol. The summed E-state index contributed by atoms with van der Waals surface area (Å²) in [4.78, 5) is 15.7. The minimum Gasteiger partial charge on any atom is -0.488 e. The summed E-state index contributed by atoms with van der Waals surface area (Å²) in [6.07, 6.45) is 5.16. The zero-order valence-corrected chi connectivity index (χ0v) is 13.6. The van der Waals surface area contributed by atoms with E-state index in [0.717, 1.165) is 37.5 Å². The molecule has 3 nitrogen and oxygen atoms in total. The normalized spacial score (nSPS) is 22.3. The van der Waals surface area contributed by atoms with E-state index in [2.05, 4.69) is 4.98 Å². The van der Waals surface area contributed by atoms with Crippen molar-refractivity contribution in [3.05, 3.63) is 36.0 Å². The second kappa shape index (κ2) is 6.84. The van der Waals surface area contributed by atoms with E-state index in [1.54, 1.807) is 6.07 Å². The minimum atomic E-state index is -0.559. The molecule has 0 spiro atoms. The predicted octanol–water partition coefficient (Wildman–Crippen LogP) is 4.93. The van der Waals surface area contributed by atoms with Crippen molar-refractivity contribution in [2.75, 3.05) is 0 Å². The van der Waals surface area contributed by atoms with Gasteiger partial charge in [-0.1, -0.05) is 18.2 Å². The number of benzene rings is 1. The van der Waals surface area contributed by atoms with Crippen molar-refractivity contribution < 1.29 is 9.53 Å². The predicted molar refractivity (Wildman–Crippen MR) is 89.1 cm³/mol. The van der Waals surface area contributed by atoms with Crippen LogP contribution in [0.15, 0.2) is 30.3 Å². The van der Waals surface area contributed by atoms with Crippen LogP contribution in [0.3, 0.4) is 0 Å². The van der Waals surface area contributed by atoms with Gasteiger partial charge in [0.2, 0.25) is 0 Å². The van der Waals surface area contributed by atoms with Crippen LogP contribution in [0.25, 0.3) is 10.9 Å². The maximum Gasteiger partial charge on any atom is 0.270 e. The largest absolute Gasteiger partial charge is 0.488 e. The van der Waals surface area contributed by atoms with Crippen molar-refractivity contribution >= 4 is 39.3 Å². The first-order valence-corrected chi connectivity index (χ1v) is 8.35. The Balaban J connectivity index is 1.89. The van der Waals surface area contributed by atoms with Gasteiger partial charge in [-0.2, -0.15) is 0 Å². The fourth-order valence-electron chi connectivity index (χ4n) is 2.84. The molecule has 2 aromatic rings. The number of carbonyl (C=O) groups excluding carboxylic acids is 1. The molecular formula is C17H17Cl2NO2. The fraction of sp³-hybridized carbons (Fsp3) is 0.412. The first kappa shape index (κ1) is 15.6. The van der Waals surface area contributed by atoms with Crippen LogP contribution >= 0.6 is 23.2 Å². The number of ether oxygens (including phenoxy) is 1. The molecule has 3 rings (SSSR count). The number of carbonyl (C=O) groups is 1. The number of pyridine rings is 1. The van der Waals surface area contributed by atoms with Gasteiger partial charge in [0, 0.05) is 10.8 Å². The number of hydrogen-bond acceptors (Lipinski definition) is 3. The summed E-state index contributed by atoms with van der Waals surface area (Å²) < 4.78 is 6.16. The van der Waals surface area contributed by atoms with Gasteiger partial charge in [-0.25, -0.2) is 4.98 Å². The SMILES string of the molecule is O=C(Cl)c1ccc2cccc(OC3CCCC(Cl)CC3)c2n1. The van der Waals surface area contributed by atoms with Gasteiger partial charge in [-0.15, -0.1) is 11.6 Å². The number of rotatable bonds is 3. The van der Waals surface area contributed by atoms with Crippen LogP contribution in [0, 0.1) is 0 Å². The van der Waals surface area contributed by atoms with E-state index < -0.39 is 5.24 Å². The van der Waals surface area contributed by atoms with Crippen molar-refractivity contribution in [1.82, 2.24) is 4.98 Å². The van der Waals surface area contributed by atoms with E-state index in [4.69, 9.17) is 27.9 Å². The molecule has 1 aliphatic carbocycles. The highest BCUT2D eigenvalue weighted by Crippen LogP contribution is 2.29. The molecule has 2 unspecified atom stereocenters. The molecule has 1 aliphatic rings. The van der Waals surface area contributed by atoms with Crippen LogP contribution in [0.4, 0.5) is 0 Å². The van der Waals surface area contributed by atoms with E-state index in [0.29, 0.717) is 11.3 Å². The summed E-state index contributed by atoms with van der Waals surface area (Å²) in [5.41, 5.74) is 0.924. The molecule has 0 amide bonds. The van der Waals surface area contributed by atoms with Crippen molar-refractivity contribution in [2.24, 2.45) is 0 Å². The number of para-hydroxylation sites is 1. The Morgan fingerprint density at radius 1 is 1.14 bits per heavy atom. The first-order chi connectivity index (χ1) is 10.6. The third kappa shape index (κ3) is 3.53. The number of alkyl halides is 1. The summed E-state index contributed by atoms with van der Waals surface area (Å²) in [6.45, 7) is 0. The molecule has 0 N–H and O–H groups in total. The van der Waals surface area contributed by atoms with Crippen LogP contribution in [0.5, 0.6) is 5.75 Å². The number of fused-ring (bicyclic) bond motifs is 1. The highest BCUT2D eigenvalue weighted by atomic mass is 35.5. The van der Waals surface area contributed by atoms with Gasteiger partial charge in [0.15, 0.2) is 0 Å². The molecule has 0 radical (unpaired) electrons. The molecule has 1 saturated carbocycles. The molecule has 5 heteroatoms. The number of nitrogens with zero attached hydrogens (tertiary/aromatic N) is 1. The molecule has 1 aromatic heterocycles. The van der Waals surface area contributed by atoms with Crippen LogP contribution in [-0.4, -0.2) is 21.7 Å². The second-order valence-corrected chi connectivity index (χ2v) is 6.60. The van der Waals surface area contributed by atoms with Gasteiger partial charge in [0.25, 0.3) is 5.24 Å². The van der Waals surface area contributed by atoms with E-state index in [-0.39, 0.29) is 17.2 Å². The maximum absolute atomic E-state index is 11.3. The van der Waals surface area contributed by atoms with Crippen molar-refractivity contribution in [3.63, 3.8) is 0 Å². The van der Waals surface area contributed by atoms with Crippen LogP contribution in [0.2, 0.25) is 0 Å². The van der Waals surface area contributed by atoms with Gasteiger partial charge in [-0.3, -0.25) is 4.79 Å². The molecular weight excluding hydrogens is 321 g/mol. The molecule has 116 valence electrons. The van der Waals surface area contributed by atoms with Gasteiger partial charge < -0.3 is 4.74 Å². The topological polar surface area (TPSA) is 39.2 Å². The third-order valence-corrected chi connectivity index (χ3v) is 4.65. The van der Waals surface area contributed by atoms with Gasteiger partial charge >= 0.3 is 0 Å². The Bertz CT molecular complexity index is 689. The molecule has 2 atom stereocenters. The Morgan fingerprint density at radius 3 is 2.82 bits per heavy atom. The summed E-state index contributed by atoms with van der Waals surface area (Å²) in [5, 5.41) is 0.624. The Hall–Kier alpha value is -1.32. The molecule has 1 fully saturated rings. The molecule has 22 heavy (non-hydrogen) atoms. The van der Waals surface area contributed by atoms with Gasteiger partial charge in [-0.05, 0) is 55.8 Å². The molecule has 0 aliphatic heterocycles. The summed E-state index contributed by atoms with van der Waals surface area (Å²) >= 11 is 11.7. The lowest BCUT2D eigenvalue weighted by molar-refractivity contribution is 0.107. The molecule has 1 heterocycles. The number of halogens is 2. The molecule has 0 saturated heterocycles. The van der Waals surface area contributed by atoms with E-state index >= 15 is 0 Å². The van der Waals surface area contributed by atoms with Crippen molar-refractivity contribution in [1.29, 1.82) is 0 Å². The van der Waals surface area contributed by atoms with Crippen LogP contribution in [-0.2, 0) is 0 Å². The quantitative estimate of drug-likeness (QED) is 0.452. The van der Waals surface area contributed by atoms with Gasteiger partial charge in [0.1, 0.15) is 17.0 Å². The minimum absolute atomic E-state index is 0.145. The molecule has 0 bridgehead atoms. The smallest absolute Gasteiger partial charge is 0.270 e. The van der Waals surface area contributed by atoms with Gasteiger partial charge in [0.05, 0.1) is 6.10 Å². The third-order valence-electron chi connectivity index (χ3n) is 4.02. The average Bonchev–Trinajstić information content (AvgIpc) is 2.72. The van der Waals surface area contributed by atoms with E-state index in [9.17, 15) is 4.79 Å². The van der Waals surface area contributed by atoms with Crippen molar-refractivity contribution in [2.45, 2.75) is 43.6 Å². The summed E-state index contributed by atoms with van der Waals surface area (Å²) in [7, 11) is 0. The highest BCUT2D eigenvalue weighted by Gasteiger charge is 2.19. The number of hydrogen-bond donors (Lipinski definition) is 0.